The third kappa shape index (κ3) is 5.27. The first-order valence-corrected chi connectivity index (χ1v) is 6.57. The number of hydrogen-bond acceptors (Lipinski definition) is 2. The summed E-state index contributed by atoms with van der Waals surface area (Å²) in [6.45, 7) is 6.51. The van der Waals surface area contributed by atoms with Gasteiger partial charge in [0.25, 0.3) is 0 Å². The molecule has 0 heterocycles. The lowest BCUT2D eigenvalue weighted by atomic mass is 9.97. The minimum absolute atomic E-state index is 0.194. The molecule has 98 valence electrons. The Morgan fingerprint density at radius 1 is 1.33 bits per heavy atom. The first kappa shape index (κ1) is 14.6. The second-order valence-corrected chi connectivity index (χ2v) is 5.27. The smallest absolute Gasteiger partial charge is 0.184 e. The van der Waals surface area contributed by atoms with Gasteiger partial charge in [0.2, 0.25) is 0 Å². The van der Waals surface area contributed by atoms with Crippen LogP contribution in [0.25, 0.3) is 0 Å². The monoisotopic (exact) mass is 263 g/mol. The van der Waals surface area contributed by atoms with Crippen molar-refractivity contribution in [1.82, 2.24) is 5.43 Å². The number of thiocarbonyl (C=S) groups is 1. The van der Waals surface area contributed by atoms with Crippen LogP contribution in [0.15, 0.2) is 29.4 Å². The maximum atomic E-state index is 5.28. The van der Waals surface area contributed by atoms with Gasteiger partial charge in [-0.1, -0.05) is 45.0 Å². The zero-order valence-corrected chi connectivity index (χ0v) is 12.0. The molecular formula is C14H21N3S. The number of nitrogens with two attached hydrogens (primary N) is 1. The van der Waals surface area contributed by atoms with E-state index < -0.39 is 0 Å². The lowest BCUT2D eigenvalue weighted by Gasteiger charge is -2.09. The summed E-state index contributed by atoms with van der Waals surface area (Å²) in [6, 6.07) is 8.75. The van der Waals surface area contributed by atoms with Gasteiger partial charge in [0.05, 0.1) is 0 Å². The fraction of sp³-hybridized carbons (Fsp3) is 0.429. The highest BCUT2D eigenvalue weighted by Crippen LogP contribution is 2.16. The van der Waals surface area contributed by atoms with Gasteiger partial charge >= 0.3 is 0 Å². The molecule has 0 spiro atoms. The molecule has 0 unspecified atom stereocenters. The van der Waals surface area contributed by atoms with Crippen LogP contribution in [0.1, 0.15) is 37.8 Å². The van der Waals surface area contributed by atoms with Gasteiger partial charge in [0.15, 0.2) is 5.11 Å². The summed E-state index contributed by atoms with van der Waals surface area (Å²) >= 11 is 4.67. The van der Waals surface area contributed by atoms with Crippen molar-refractivity contribution in [3.63, 3.8) is 0 Å². The predicted octanol–water partition coefficient (Wildman–Crippen LogP) is 2.81. The Morgan fingerprint density at radius 3 is 2.44 bits per heavy atom. The number of nitrogens with zero attached hydrogens (tertiary/aromatic N) is 1. The fourth-order valence-electron chi connectivity index (χ4n) is 1.69. The predicted molar refractivity (Wildman–Crippen MR) is 81.8 cm³/mol. The van der Waals surface area contributed by atoms with Crippen LogP contribution in [0.3, 0.4) is 0 Å². The van der Waals surface area contributed by atoms with E-state index in [-0.39, 0.29) is 5.11 Å². The average Bonchev–Trinajstić information content (AvgIpc) is 2.29. The summed E-state index contributed by atoms with van der Waals surface area (Å²) in [4.78, 5) is 0. The molecule has 18 heavy (non-hydrogen) atoms. The number of hydrogen-bond donors (Lipinski definition) is 2. The summed E-state index contributed by atoms with van der Waals surface area (Å²) in [5.41, 5.74) is 10.5. The number of rotatable bonds is 5. The van der Waals surface area contributed by atoms with Crippen LogP contribution in [-0.4, -0.2) is 11.3 Å². The highest BCUT2D eigenvalue weighted by Gasteiger charge is 2.02. The third-order valence-corrected chi connectivity index (χ3v) is 2.80. The lowest BCUT2D eigenvalue weighted by molar-refractivity contribution is 0.772. The van der Waals surface area contributed by atoms with E-state index in [0.29, 0.717) is 11.8 Å². The SMILES string of the molecule is CC(C)c1ccc(C[C@H](C)/C=N\NC(N)=S)cc1. The van der Waals surface area contributed by atoms with Gasteiger partial charge in [-0.25, -0.2) is 0 Å². The Balaban J connectivity index is 2.51. The van der Waals surface area contributed by atoms with Gasteiger partial charge in [-0.15, -0.1) is 0 Å². The van der Waals surface area contributed by atoms with Crippen molar-refractivity contribution in [1.29, 1.82) is 0 Å². The van der Waals surface area contributed by atoms with Crippen LogP contribution in [-0.2, 0) is 6.42 Å². The first-order chi connectivity index (χ1) is 8.49. The largest absolute Gasteiger partial charge is 0.375 e. The Labute approximate surface area is 114 Å². The maximum absolute atomic E-state index is 5.28. The molecule has 0 aliphatic rings. The van der Waals surface area contributed by atoms with Gasteiger partial charge in [-0.2, -0.15) is 5.10 Å². The second-order valence-electron chi connectivity index (χ2n) is 4.83. The van der Waals surface area contributed by atoms with Crippen LogP contribution in [0.5, 0.6) is 0 Å². The van der Waals surface area contributed by atoms with E-state index in [4.69, 9.17) is 5.73 Å². The zero-order chi connectivity index (χ0) is 13.5. The van der Waals surface area contributed by atoms with Gasteiger partial charge in [-0.3, -0.25) is 5.43 Å². The molecule has 0 saturated carbocycles. The highest BCUT2D eigenvalue weighted by molar-refractivity contribution is 7.80. The molecule has 3 N–H and O–H groups in total. The molecule has 0 aliphatic carbocycles. The van der Waals surface area contributed by atoms with E-state index in [0.717, 1.165) is 6.42 Å². The van der Waals surface area contributed by atoms with Crippen LogP contribution in [0.4, 0.5) is 0 Å². The molecule has 0 amide bonds. The molecule has 3 nitrogen and oxygen atoms in total. The number of hydrazone groups is 1. The fourth-order valence-corrected chi connectivity index (χ4v) is 1.74. The molecule has 1 aromatic carbocycles. The molecule has 0 aromatic heterocycles. The molecule has 0 radical (unpaired) electrons. The quantitative estimate of drug-likeness (QED) is 0.488. The normalized spacial score (nSPS) is 12.9. The van der Waals surface area contributed by atoms with E-state index in [2.05, 4.69) is 67.8 Å². The van der Waals surface area contributed by atoms with Gasteiger partial charge in [0.1, 0.15) is 0 Å². The van der Waals surface area contributed by atoms with Crippen LogP contribution < -0.4 is 11.2 Å². The van der Waals surface area contributed by atoms with Crippen molar-refractivity contribution >= 4 is 23.5 Å². The summed E-state index contributed by atoms with van der Waals surface area (Å²) in [5.74, 6) is 0.921. The Morgan fingerprint density at radius 2 is 1.94 bits per heavy atom. The third-order valence-electron chi connectivity index (χ3n) is 2.71. The van der Waals surface area contributed by atoms with Gasteiger partial charge in [-0.05, 0) is 41.6 Å². The first-order valence-electron chi connectivity index (χ1n) is 6.16. The average molecular weight is 263 g/mol. The second kappa shape index (κ2) is 7.11. The number of nitrogens with one attached hydrogen (secondary N) is 1. The molecule has 1 atom stereocenters. The standard InChI is InChI=1S/C14H21N3S/c1-10(2)13-6-4-12(5-7-13)8-11(3)9-16-17-14(15)18/h4-7,9-11H,8H2,1-3H3,(H3,15,17,18)/b16-9-/t11-/m0/s1. The summed E-state index contributed by atoms with van der Waals surface area (Å²) in [5, 5.41) is 4.17. The van der Waals surface area contributed by atoms with Crippen LogP contribution >= 0.6 is 12.2 Å². The topological polar surface area (TPSA) is 50.4 Å². The van der Waals surface area contributed by atoms with Crippen molar-refractivity contribution in [3.05, 3.63) is 35.4 Å². The number of benzene rings is 1. The molecule has 1 aromatic rings. The molecule has 0 aliphatic heterocycles. The van der Waals surface area contributed by atoms with E-state index in [9.17, 15) is 0 Å². The van der Waals surface area contributed by atoms with Crippen molar-refractivity contribution in [2.75, 3.05) is 0 Å². The Kier molecular flexibility index (Phi) is 5.78. The molecule has 0 bridgehead atoms. The molecular weight excluding hydrogens is 242 g/mol. The van der Waals surface area contributed by atoms with Crippen LogP contribution in [0, 0.1) is 5.92 Å². The zero-order valence-electron chi connectivity index (χ0n) is 11.2. The minimum atomic E-state index is 0.194. The maximum Gasteiger partial charge on any atom is 0.184 e. The summed E-state index contributed by atoms with van der Waals surface area (Å²) < 4.78 is 0. The lowest BCUT2D eigenvalue weighted by Crippen LogP contribution is -2.24. The molecule has 1 rings (SSSR count). The van der Waals surface area contributed by atoms with Crippen LogP contribution in [0.2, 0.25) is 0 Å². The van der Waals surface area contributed by atoms with Crippen molar-refractivity contribution in [3.8, 4) is 0 Å². The van der Waals surface area contributed by atoms with Crippen molar-refractivity contribution in [2.45, 2.75) is 33.1 Å². The minimum Gasteiger partial charge on any atom is -0.375 e. The van der Waals surface area contributed by atoms with Gasteiger partial charge in [0, 0.05) is 6.21 Å². The van der Waals surface area contributed by atoms with E-state index in [1.165, 1.54) is 11.1 Å². The van der Waals surface area contributed by atoms with Crippen molar-refractivity contribution < 1.29 is 0 Å². The Bertz CT molecular complexity index is 410. The van der Waals surface area contributed by atoms with Gasteiger partial charge < -0.3 is 5.73 Å². The molecule has 0 saturated heterocycles. The van der Waals surface area contributed by atoms with Crippen molar-refractivity contribution in [2.24, 2.45) is 16.8 Å². The molecule has 4 heteroatoms. The molecule has 0 fully saturated rings. The summed E-state index contributed by atoms with van der Waals surface area (Å²) in [7, 11) is 0. The van der Waals surface area contributed by atoms with E-state index in [1.807, 2.05) is 6.21 Å². The van der Waals surface area contributed by atoms with E-state index >= 15 is 0 Å². The Hall–Kier alpha value is -1.42. The van der Waals surface area contributed by atoms with E-state index in [1.54, 1.807) is 0 Å². The summed E-state index contributed by atoms with van der Waals surface area (Å²) in [6.07, 6.45) is 2.79. The highest BCUT2D eigenvalue weighted by atomic mass is 32.1.